The molecule has 0 spiro atoms. The lowest BCUT2D eigenvalue weighted by Gasteiger charge is -2.22. The zero-order valence-electron chi connectivity index (χ0n) is 18.4. The third-order valence-electron chi connectivity index (χ3n) is 4.09. The van der Waals surface area contributed by atoms with Crippen molar-refractivity contribution in [3.63, 3.8) is 0 Å². The molecule has 0 aromatic rings. The number of carbonyl (C=O) groups excluding carboxylic acids is 3. The summed E-state index contributed by atoms with van der Waals surface area (Å²) in [5, 5.41) is 114. The minimum atomic E-state index is -1.79. The molecule has 0 saturated carbocycles. The molecule has 0 aromatic carbocycles. The quantitative estimate of drug-likeness (QED) is 0.103. The Labute approximate surface area is 194 Å². The fourth-order valence-corrected chi connectivity index (χ4v) is 1.75. The van der Waals surface area contributed by atoms with Crippen LogP contribution in [0.4, 0.5) is 0 Å². The smallest absolute Gasteiger partial charge is 0.151 e. The summed E-state index contributed by atoms with van der Waals surface area (Å²) in [5.41, 5.74) is 0. The summed E-state index contributed by atoms with van der Waals surface area (Å²) >= 11 is 0. The molecular formula is C18H36O16. The van der Waals surface area contributed by atoms with Crippen LogP contribution in [0, 0.1) is 0 Å². The molecule has 0 aliphatic carbocycles. The van der Waals surface area contributed by atoms with Crippen LogP contribution in [0.1, 0.15) is 13.8 Å². The number of hydrogen-bond acceptors (Lipinski definition) is 16. The van der Waals surface area contributed by atoms with Crippen LogP contribution in [-0.4, -0.2) is 165 Å². The molecule has 0 aromatic heterocycles. The van der Waals surface area contributed by atoms with Crippen molar-refractivity contribution < 1.29 is 80.8 Å². The number of hydrogen-bond donors (Lipinski definition) is 13. The SMILES string of the molecule is C[C@H](O)[C@H](O)[C@@H](O)[C@@H](O)C=O.C[C@H](O)[C@H](O)[C@@H](O)[C@@H](O)C=O.O=C[C@H](O)[C@@H](O)[C@H](O)[C@H](O)CO. The summed E-state index contributed by atoms with van der Waals surface area (Å²) in [6.07, 6.45) is -18.6. The minimum absolute atomic E-state index is 0.0258. The summed E-state index contributed by atoms with van der Waals surface area (Å²) in [7, 11) is 0. The maximum atomic E-state index is 9.90. The standard InChI is InChI=1S/C6H12O6.2C6H12O5/c7-1-3(9)5(11)6(12)4(10)2-8;2*1-3(8)5(10)6(11)4(9)2-7/h1,3-6,8-12H,2H2;2*2-6,8-11H,1H3/t3-,4+,5+,6+;2*3-,4-,5-,6-/m000/s1. The Morgan fingerprint density at radius 1 is 0.471 bits per heavy atom. The van der Waals surface area contributed by atoms with Gasteiger partial charge in [0.2, 0.25) is 0 Å². The first kappa shape index (κ1) is 37.0. The molecule has 0 unspecified atom stereocenters. The van der Waals surface area contributed by atoms with Gasteiger partial charge >= 0.3 is 0 Å². The van der Waals surface area contributed by atoms with Crippen molar-refractivity contribution in [3.8, 4) is 0 Å². The molecule has 12 atom stereocenters. The second kappa shape index (κ2) is 19.8. The highest BCUT2D eigenvalue weighted by atomic mass is 16.4. The highest BCUT2D eigenvalue weighted by molar-refractivity contribution is 5.57. The molecule has 204 valence electrons. The van der Waals surface area contributed by atoms with Gasteiger partial charge in [-0.15, -0.1) is 0 Å². The van der Waals surface area contributed by atoms with Gasteiger partial charge in [0.1, 0.15) is 61.0 Å². The Morgan fingerprint density at radius 3 is 0.882 bits per heavy atom. The molecule has 0 amide bonds. The van der Waals surface area contributed by atoms with E-state index in [0.29, 0.717) is 0 Å². The predicted octanol–water partition coefficient (Wildman–Crippen LogP) is -8.08. The van der Waals surface area contributed by atoms with Crippen molar-refractivity contribution >= 4 is 18.9 Å². The Bertz CT molecular complexity index is 502. The van der Waals surface area contributed by atoms with Gasteiger partial charge in [-0.1, -0.05) is 0 Å². The second-order valence-electron chi connectivity index (χ2n) is 7.05. The lowest BCUT2D eigenvalue weighted by molar-refractivity contribution is -0.136. The van der Waals surface area contributed by atoms with E-state index in [2.05, 4.69) is 0 Å². The molecule has 16 heteroatoms. The van der Waals surface area contributed by atoms with E-state index in [0.717, 1.165) is 0 Å². The molecule has 0 rings (SSSR count). The predicted molar refractivity (Wildman–Crippen MR) is 109 cm³/mol. The highest BCUT2D eigenvalue weighted by Gasteiger charge is 2.30. The number of aliphatic hydroxyl groups excluding tert-OH is 13. The van der Waals surface area contributed by atoms with Crippen molar-refractivity contribution in [2.24, 2.45) is 0 Å². The van der Waals surface area contributed by atoms with Crippen LogP contribution in [0.3, 0.4) is 0 Å². The summed E-state index contributed by atoms with van der Waals surface area (Å²) in [4.78, 5) is 29.6. The van der Waals surface area contributed by atoms with Crippen molar-refractivity contribution in [2.75, 3.05) is 6.61 Å². The summed E-state index contributed by atoms with van der Waals surface area (Å²) in [6, 6.07) is 0. The molecule has 0 fully saturated rings. The van der Waals surface area contributed by atoms with Crippen LogP contribution in [0.15, 0.2) is 0 Å². The maximum Gasteiger partial charge on any atom is 0.151 e. The molecule has 34 heavy (non-hydrogen) atoms. The average Bonchev–Trinajstić information content (AvgIpc) is 2.84. The third kappa shape index (κ3) is 14.7. The zero-order valence-corrected chi connectivity index (χ0v) is 18.4. The van der Waals surface area contributed by atoms with E-state index >= 15 is 0 Å². The van der Waals surface area contributed by atoms with E-state index in [-0.39, 0.29) is 18.9 Å². The largest absolute Gasteiger partial charge is 0.394 e. The van der Waals surface area contributed by atoms with E-state index in [1.54, 1.807) is 0 Å². The van der Waals surface area contributed by atoms with Gasteiger partial charge in [0, 0.05) is 0 Å². The molecule has 16 nitrogen and oxygen atoms in total. The zero-order chi connectivity index (χ0) is 27.8. The molecule has 13 N–H and O–H groups in total. The first-order valence-electron chi connectivity index (χ1n) is 9.68. The molecular weight excluding hydrogens is 472 g/mol. The molecule has 0 aliphatic rings. The van der Waals surface area contributed by atoms with Gasteiger partial charge in [-0.2, -0.15) is 0 Å². The van der Waals surface area contributed by atoms with Gasteiger partial charge in [0.05, 0.1) is 18.8 Å². The Morgan fingerprint density at radius 2 is 0.706 bits per heavy atom. The third-order valence-corrected chi connectivity index (χ3v) is 4.09. The van der Waals surface area contributed by atoms with E-state index in [1.165, 1.54) is 13.8 Å². The molecule has 0 radical (unpaired) electrons. The van der Waals surface area contributed by atoms with Crippen molar-refractivity contribution in [1.82, 2.24) is 0 Å². The lowest BCUT2D eigenvalue weighted by Crippen LogP contribution is -2.46. The second-order valence-corrected chi connectivity index (χ2v) is 7.05. The number of aliphatic hydroxyl groups is 13. The Kier molecular flexibility index (Phi) is 21.5. The van der Waals surface area contributed by atoms with Crippen molar-refractivity contribution in [2.45, 2.75) is 87.1 Å². The van der Waals surface area contributed by atoms with Gasteiger partial charge in [0.25, 0.3) is 0 Å². The number of carbonyl (C=O) groups is 3. The fraction of sp³-hybridized carbons (Fsp3) is 0.833. The van der Waals surface area contributed by atoms with Crippen LogP contribution >= 0.6 is 0 Å². The topological polar surface area (TPSA) is 314 Å². The average molecular weight is 508 g/mol. The van der Waals surface area contributed by atoms with E-state index in [9.17, 15) is 14.4 Å². The van der Waals surface area contributed by atoms with E-state index in [1.807, 2.05) is 0 Å². The van der Waals surface area contributed by atoms with Gasteiger partial charge < -0.3 is 80.8 Å². The molecule has 0 heterocycles. The first-order chi connectivity index (χ1) is 15.5. The minimum Gasteiger partial charge on any atom is -0.394 e. The molecule has 0 bridgehead atoms. The monoisotopic (exact) mass is 508 g/mol. The van der Waals surface area contributed by atoms with E-state index < -0.39 is 79.9 Å². The molecule has 0 saturated heterocycles. The highest BCUT2D eigenvalue weighted by Crippen LogP contribution is 2.04. The van der Waals surface area contributed by atoms with Crippen LogP contribution < -0.4 is 0 Å². The Balaban J connectivity index is -0.000000425. The van der Waals surface area contributed by atoms with Gasteiger partial charge in [-0.3, -0.25) is 0 Å². The lowest BCUT2D eigenvalue weighted by atomic mass is 10.0. The van der Waals surface area contributed by atoms with E-state index in [4.69, 9.17) is 66.4 Å². The maximum absolute atomic E-state index is 9.90. The first-order valence-corrected chi connectivity index (χ1v) is 9.68. The Hall–Kier alpha value is -1.51. The number of rotatable bonds is 13. The van der Waals surface area contributed by atoms with Crippen LogP contribution in [0.5, 0.6) is 0 Å². The summed E-state index contributed by atoms with van der Waals surface area (Å²) in [6.45, 7) is 1.72. The number of aldehydes is 3. The van der Waals surface area contributed by atoms with Gasteiger partial charge in [-0.25, -0.2) is 0 Å². The molecule has 0 aliphatic heterocycles. The van der Waals surface area contributed by atoms with Crippen molar-refractivity contribution in [1.29, 1.82) is 0 Å². The normalized spacial score (nSPS) is 21.6. The van der Waals surface area contributed by atoms with Crippen LogP contribution in [-0.2, 0) is 14.4 Å². The van der Waals surface area contributed by atoms with Gasteiger partial charge in [0.15, 0.2) is 18.9 Å². The summed E-state index contributed by atoms with van der Waals surface area (Å²) < 4.78 is 0. The van der Waals surface area contributed by atoms with Crippen LogP contribution in [0.2, 0.25) is 0 Å². The fourth-order valence-electron chi connectivity index (χ4n) is 1.75. The summed E-state index contributed by atoms with van der Waals surface area (Å²) in [5.74, 6) is 0. The van der Waals surface area contributed by atoms with Crippen molar-refractivity contribution in [3.05, 3.63) is 0 Å². The van der Waals surface area contributed by atoms with Crippen LogP contribution in [0.25, 0.3) is 0 Å². The van der Waals surface area contributed by atoms with Gasteiger partial charge in [-0.05, 0) is 13.8 Å².